The Labute approximate surface area is 145 Å². The van der Waals surface area contributed by atoms with E-state index in [-0.39, 0.29) is 24.5 Å². The Morgan fingerprint density at radius 1 is 1.12 bits per heavy atom. The van der Waals surface area contributed by atoms with Crippen LogP contribution in [0.2, 0.25) is 0 Å². The van der Waals surface area contributed by atoms with Crippen molar-refractivity contribution < 1.29 is 24.2 Å². The Hall–Kier alpha value is -1.99. The summed E-state index contributed by atoms with van der Waals surface area (Å²) in [5.41, 5.74) is 0.933. The van der Waals surface area contributed by atoms with Gasteiger partial charge in [-0.15, -0.1) is 11.8 Å². The number of thioether (sulfide) groups is 1. The summed E-state index contributed by atoms with van der Waals surface area (Å²) in [5, 5.41) is 9.07. The highest BCUT2D eigenvalue weighted by molar-refractivity contribution is 8.04. The molecule has 2 rings (SSSR count). The summed E-state index contributed by atoms with van der Waals surface area (Å²) in [7, 11) is 3.05. The second-order valence-corrected chi connectivity index (χ2v) is 6.53. The van der Waals surface area contributed by atoms with Crippen molar-refractivity contribution in [2.75, 3.05) is 26.6 Å². The summed E-state index contributed by atoms with van der Waals surface area (Å²) in [6, 6.07) is 4.87. The Balaban J connectivity index is 2.55. The molecule has 24 heavy (non-hydrogen) atoms. The van der Waals surface area contributed by atoms with E-state index in [2.05, 4.69) is 0 Å². The normalized spacial score (nSPS) is 14.8. The van der Waals surface area contributed by atoms with Crippen molar-refractivity contribution in [1.82, 2.24) is 4.90 Å². The van der Waals surface area contributed by atoms with Crippen LogP contribution in [0.15, 0.2) is 23.1 Å². The first kappa shape index (κ1) is 18.4. The van der Waals surface area contributed by atoms with Crippen LogP contribution in [0.25, 0.3) is 5.57 Å². The summed E-state index contributed by atoms with van der Waals surface area (Å²) < 4.78 is 10.5. The van der Waals surface area contributed by atoms with Gasteiger partial charge >= 0.3 is 0 Å². The van der Waals surface area contributed by atoms with Crippen LogP contribution in [-0.2, 0) is 9.59 Å². The standard InChI is InChI=1S/C17H21NO5S/c1-10(2)18-16(20)14(15(17(18)21)24-8-7-19)11-5-6-12(22-3)13(9-11)23-4/h5-6,9-10,19H,7-8H2,1-4H3. The Morgan fingerprint density at radius 3 is 2.33 bits per heavy atom. The van der Waals surface area contributed by atoms with Crippen LogP contribution in [0, 0.1) is 0 Å². The van der Waals surface area contributed by atoms with Crippen LogP contribution in [-0.4, -0.2) is 54.4 Å². The lowest BCUT2D eigenvalue weighted by molar-refractivity contribution is -0.138. The molecule has 0 aliphatic carbocycles. The molecule has 0 unspecified atom stereocenters. The largest absolute Gasteiger partial charge is 0.493 e. The highest BCUT2D eigenvalue weighted by Crippen LogP contribution is 2.39. The molecular weight excluding hydrogens is 330 g/mol. The van der Waals surface area contributed by atoms with Crippen molar-refractivity contribution in [3.8, 4) is 11.5 Å². The van der Waals surface area contributed by atoms with Gasteiger partial charge < -0.3 is 14.6 Å². The van der Waals surface area contributed by atoms with Gasteiger partial charge in [0.2, 0.25) is 0 Å². The molecule has 0 aromatic heterocycles. The van der Waals surface area contributed by atoms with Crippen LogP contribution in [0.1, 0.15) is 19.4 Å². The SMILES string of the molecule is COc1ccc(C2=C(SCCO)C(=O)N(C(C)C)C2=O)cc1OC. The third-order valence-corrected chi connectivity index (χ3v) is 4.65. The number of carbonyl (C=O) groups is 2. The number of methoxy groups -OCH3 is 2. The van der Waals surface area contributed by atoms with Gasteiger partial charge in [-0.05, 0) is 31.5 Å². The van der Waals surface area contributed by atoms with Crippen molar-refractivity contribution in [2.45, 2.75) is 19.9 Å². The summed E-state index contributed by atoms with van der Waals surface area (Å²) in [4.78, 5) is 27.0. The Kier molecular flexibility index (Phi) is 5.90. The van der Waals surface area contributed by atoms with Gasteiger partial charge in [0.25, 0.3) is 11.8 Å². The molecule has 1 heterocycles. The van der Waals surface area contributed by atoms with Gasteiger partial charge in [0, 0.05) is 11.8 Å². The minimum Gasteiger partial charge on any atom is -0.493 e. The van der Waals surface area contributed by atoms with E-state index in [1.807, 2.05) is 0 Å². The van der Waals surface area contributed by atoms with Gasteiger partial charge in [-0.3, -0.25) is 14.5 Å². The maximum absolute atomic E-state index is 12.8. The fourth-order valence-corrected chi connectivity index (χ4v) is 3.39. The number of nitrogens with zero attached hydrogens (tertiary/aromatic N) is 1. The van der Waals surface area contributed by atoms with Crippen LogP contribution < -0.4 is 9.47 Å². The maximum Gasteiger partial charge on any atom is 0.268 e. The summed E-state index contributed by atoms with van der Waals surface area (Å²) in [6.07, 6.45) is 0. The lowest BCUT2D eigenvalue weighted by atomic mass is 10.1. The minimum absolute atomic E-state index is 0.0729. The number of rotatable bonds is 7. The van der Waals surface area contributed by atoms with Crippen LogP contribution in [0.3, 0.4) is 0 Å². The molecule has 1 aliphatic rings. The zero-order chi connectivity index (χ0) is 17.9. The van der Waals surface area contributed by atoms with Crippen molar-refractivity contribution in [3.05, 3.63) is 28.7 Å². The summed E-state index contributed by atoms with van der Waals surface area (Å²) >= 11 is 1.19. The number of ether oxygens (including phenoxy) is 2. The molecule has 2 amide bonds. The number of aliphatic hydroxyl groups is 1. The van der Waals surface area contributed by atoms with Gasteiger partial charge in [0.05, 0.1) is 31.3 Å². The van der Waals surface area contributed by atoms with Gasteiger partial charge in [0.15, 0.2) is 11.5 Å². The topological polar surface area (TPSA) is 76.1 Å². The monoisotopic (exact) mass is 351 g/mol. The lowest BCUT2D eigenvalue weighted by Gasteiger charge is -2.19. The van der Waals surface area contributed by atoms with Crippen molar-refractivity contribution >= 4 is 29.1 Å². The quantitative estimate of drug-likeness (QED) is 0.757. The predicted molar refractivity (Wildman–Crippen MR) is 93.0 cm³/mol. The molecule has 0 atom stereocenters. The van der Waals surface area contributed by atoms with E-state index in [9.17, 15) is 9.59 Å². The van der Waals surface area contributed by atoms with Gasteiger partial charge in [-0.1, -0.05) is 6.07 Å². The second-order valence-electron chi connectivity index (χ2n) is 5.42. The molecule has 0 saturated heterocycles. The van der Waals surface area contributed by atoms with Crippen LogP contribution in [0.4, 0.5) is 0 Å². The third-order valence-electron chi connectivity index (χ3n) is 3.60. The number of amides is 2. The van der Waals surface area contributed by atoms with E-state index < -0.39 is 0 Å². The van der Waals surface area contributed by atoms with Gasteiger partial charge in [-0.2, -0.15) is 0 Å². The highest BCUT2D eigenvalue weighted by atomic mass is 32.2. The highest BCUT2D eigenvalue weighted by Gasteiger charge is 2.40. The Bertz CT molecular complexity index is 684. The molecule has 6 nitrogen and oxygen atoms in total. The first-order valence-electron chi connectivity index (χ1n) is 7.54. The van der Waals surface area contributed by atoms with Gasteiger partial charge in [-0.25, -0.2) is 0 Å². The van der Waals surface area contributed by atoms with Gasteiger partial charge in [0.1, 0.15) is 0 Å². The lowest BCUT2D eigenvalue weighted by Crippen LogP contribution is -2.37. The van der Waals surface area contributed by atoms with Crippen LogP contribution >= 0.6 is 11.8 Å². The molecule has 130 valence electrons. The molecular formula is C17H21NO5S. The molecule has 1 aromatic carbocycles. The molecule has 0 saturated carbocycles. The van der Waals surface area contributed by atoms with Crippen molar-refractivity contribution in [2.24, 2.45) is 0 Å². The molecule has 0 bridgehead atoms. The van der Waals surface area contributed by atoms with E-state index in [4.69, 9.17) is 14.6 Å². The summed E-state index contributed by atoms with van der Waals surface area (Å²) in [6.45, 7) is 3.51. The molecule has 7 heteroatoms. The summed E-state index contributed by atoms with van der Waals surface area (Å²) in [5.74, 6) is 0.721. The number of carbonyl (C=O) groups excluding carboxylic acids is 2. The molecule has 0 spiro atoms. The fraction of sp³-hybridized carbons (Fsp3) is 0.412. The molecule has 0 fully saturated rings. The van der Waals surface area contributed by atoms with E-state index in [1.165, 1.54) is 30.9 Å². The van der Waals surface area contributed by atoms with E-state index in [0.29, 0.717) is 33.3 Å². The third kappa shape index (κ3) is 3.27. The predicted octanol–water partition coefficient (Wildman–Crippen LogP) is 1.92. The number of hydrogen-bond donors (Lipinski definition) is 1. The first-order valence-corrected chi connectivity index (χ1v) is 8.53. The maximum atomic E-state index is 12.8. The zero-order valence-corrected chi connectivity index (χ0v) is 15.0. The van der Waals surface area contributed by atoms with E-state index in [1.54, 1.807) is 32.0 Å². The number of benzene rings is 1. The molecule has 1 N–H and O–H groups in total. The average Bonchev–Trinajstić information content (AvgIpc) is 2.82. The number of aliphatic hydroxyl groups excluding tert-OH is 1. The van der Waals surface area contributed by atoms with E-state index in [0.717, 1.165) is 0 Å². The number of imide groups is 1. The minimum atomic E-state index is -0.331. The molecule has 0 radical (unpaired) electrons. The molecule has 1 aromatic rings. The Morgan fingerprint density at radius 2 is 1.79 bits per heavy atom. The zero-order valence-electron chi connectivity index (χ0n) is 14.2. The van der Waals surface area contributed by atoms with E-state index >= 15 is 0 Å². The average molecular weight is 351 g/mol. The van der Waals surface area contributed by atoms with Crippen LogP contribution in [0.5, 0.6) is 11.5 Å². The first-order chi connectivity index (χ1) is 11.5. The van der Waals surface area contributed by atoms with Crippen molar-refractivity contribution in [1.29, 1.82) is 0 Å². The number of hydrogen-bond acceptors (Lipinski definition) is 6. The smallest absolute Gasteiger partial charge is 0.268 e. The fourth-order valence-electron chi connectivity index (χ4n) is 2.52. The van der Waals surface area contributed by atoms with Crippen molar-refractivity contribution in [3.63, 3.8) is 0 Å². The second kappa shape index (κ2) is 7.72. The molecule has 1 aliphatic heterocycles.